The number of aromatic hydroxyl groups is 2. The molecule has 92 valence electrons. The van der Waals surface area contributed by atoms with Crippen LogP contribution in [0.25, 0.3) is 0 Å². The van der Waals surface area contributed by atoms with Gasteiger partial charge in [0.05, 0.1) is 18.6 Å². The molecule has 1 aromatic heterocycles. The van der Waals surface area contributed by atoms with Gasteiger partial charge in [-0.15, -0.1) is 0 Å². The number of aromatic nitrogens is 1. The zero-order valence-electron chi connectivity index (χ0n) is 9.91. The van der Waals surface area contributed by atoms with Crippen LogP contribution in [0.15, 0.2) is 35.3 Å². The molecular weight excluding hydrogens is 230 g/mol. The highest BCUT2D eigenvalue weighted by molar-refractivity contribution is 5.86. The van der Waals surface area contributed by atoms with Crippen molar-refractivity contribution in [2.45, 2.75) is 6.54 Å². The molecule has 0 unspecified atom stereocenters. The van der Waals surface area contributed by atoms with E-state index in [0.717, 1.165) is 11.3 Å². The Bertz CT molecular complexity index is 631. The first-order valence-corrected chi connectivity index (χ1v) is 5.63. The van der Waals surface area contributed by atoms with Gasteiger partial charge in [0.1, 0.15) is 5.69 Å². The molecule has 2 N–H and O–H groups in total. The summed E-state index contributed by atoms with van der Waals surface area (Å²) >= 11 is 0. The second-order valence-corrected chi connectivity index (χ2v) is 4.27. The second-order valence-electron chi connectivity index (χ2n) is 4.27. The van der Waals surface area contributed by atoms with Crippen molar-refractivity contribution in [3.63, 3.8) is 0 Å². The summed E-state index contributed by atoms with van der Waals surface area (Å²) in [5.41, 5.74) is 2.57. The average molecular weight is 243 g/mol. The summed E-state index contributed by atoms with van der Waals surface area (Å²) in [6.07, 6.45) is 1.66. The number of rotatable bonds is 1. The number of para-hydroxylation sites is 1. The monoisotopic (exact) mass is 243 g/mol. The number of aliphatic imine (C=N–C) groups is 1. The Morgan fingerprint density at radius 3 is 2.72 bits per heavy atom. The topological polar surface area (TPSA) is 61.0 Å². The van der Waals surface area contributed by atoms with Crippen LogP contribution in [-0.2, 0) is 13.6 Å². The fraction of sp³-hybridized carbons (Fsp3) is 0.154. The van der Waals surface area contributed by atoms with Crippen LogP contribution < -0.4 is 4.90 Å². The van der Waals surface area contributed by atoms with Crippen molar-refractivity contribution in [1.82, 2.24) is 4.57 Å². The lowest BCUT2D eigenvalue weighted by atomic mass is 10.1. The van der Waals surface area contributed by atoms with Crippen LogP contribution in [0.4, 0.5) is 11.4 Å². The predicted molar refractivity (Wildman–Crippen MR) is 69.5 cm³/mol. The van der Waals surface area contributed by atoms with Gasteiger partial charge in [-0.1, -0.05) is 18.2 Å². The fourth-order valence-corrected chi connectivity index (χ4v) is 2.05. The van der Waals surface area contributed by atoms with Gasteiger partial charge >= 0.3 is 0 Å². The molecule has 0 saturated heterocycles. The van der Waals surface area contributed by atoms with E-state index >= 15 is 0 Å². The van der Waals surface area contributed by atoms with Crippen molar-refractivity contribution < 1.29 is 10.2 Å². The minimum absolute atomic E-state index is 0.0229. The summed E-state index contributed by atoms with van der Waals surface area (Å²) in [6, 6.07) is 9.37. The van der Waals surface area contributed by atoms with Gasteiger partial charge in [-0.05, 0) is 11.6 Å². The molecule has 5 heteroatoms. The van der Waals surface area contributed by atoms with E-state index < -0.39 is 0 Å². The number of nitrogens with zero attached hydrogens (tertiary/aromatic N) is 3. The van der Waals surface area contributed by atoms with Gasteiger partial charge in [0.25, 0.3) is 0 Å². The number of hydrogen-bond acceptors (Lipinski definition) is 4. The number of fused-ring (bicyclic) bond motifs is 1. The SMILES string of the molecule is Cn1c(O)cc(N2C=Nc3ccccc3C2)c1O. The predicted octanol–water partition coefficient (Wildman–Crippen LogP) is 2.12. The Hall–Kier alpha value is -2.43. The third-order valence-electron chi connectivity index (χ3n) is 3.13. The molecule has 18 heavy (non-hydrogen) atoms. The molecule has 0 amide bonds. The Labute approximate surface area is 104 Å². The van der Waals surface area contributed by atoms with E-state index in [9.17, 15) is 10.2 Å². The van der Waals surface area contributed by atoms with Gasteiger partial charge in [0.15, 0.2) is 5.88 Å². The molecule has 0 aliphatic carbocycles. The zero-order chi connectivity index (χ0) is 12.7. The lowest BCUT2D eigenvalue weighted by Crippen LogP contribution is -2.22. The highest BCUT2D eigenvalue weighted by Crippen LogP contribution is 2.36. The Morgan fingerprint density at radius 1 is 1.22 bits per heavy atom. The van der Waals surface area contributed by atoms with Gasteiger partial charge in [-0.25, -0.2) is 4.99 Å². The molecule has 0 radical (unpaired) electrons. The Morgan fingerprint density at radius 2 is 2.00 bits per heavy atom. The Kier molecular flexibility index (Phi) is 2.26. The molecular formula is C13H13N3O2. The smallest absolute Gasteiger partial charge is 0.218 e. The van der Waals surface area contributed by atoms with Crippen molar-refractivity contribution in [3.05, 3.63) is 35.9 Å². The van der Waals surface area contributed by atoms with Crippen LogP contribution in [0.3, 0.4) is 0 Å². The van der Waals surface area contributed by atoms with Gasteiger partial charge < -0.3 is 15.1 Å². The molecule has 1 aliphatic heterocycles. The number of anilines is 1. The molecule has 5 nitrogen and oxygen atoms in total. The van der Waals surface area contributed by atoms with E-state index in [1.165, 1.54) is 10.6 Å². The number of benzene rings is 1. The van der Waals surface area contributed by atoms with Gasteiger partial charge in [-0.2, -0.15) is 0 Å². The van der Waals surface area contributed by atoms with Crippen LogP contribution in [0, 0.1) is 0 Å². The van der Waals surface area contributed by atoms with Crippen molar-refractivity contribution in [2.75, 3.05) is 4.90 Å². The average Bonchev–Trinajstić information content (AvgIpc) is 2.66. The minimum atomic E-state index is 0.0229. The molecule has 2 aromatic rings. The van der Waals surface area contributed by atoms with Crippen molar-refractivity contribution in [2.24, 2.45) is 12.0 Å². The first-order valence-electron chi connectivity index (χ1n) is 5.63. The molecule has 0 fully saturated rings. The van der Waals surface area contributed by atoms with E-state index in [1.54, 1.807) is 18.3 Å². The van der Waals surface area contributed by atoms with Crippen LogP contribution in [0.5, 0.6) is 11.8 Å². The molecule has 0 atom stereocenters. The molecule has 1 aliphatic rings. The maximum absolute atomic E-state index is 9.92. The summed E-state index contributed by atoms with van der Waals surface area (Å²) in [5, 5.41) is 19.5. The van der Waals surface area contributed by atoms with Crippen molar-refractivity contribution >= 4 is 17.7 Å². The summed E-state index contributed by atoms with van der Waals surface area (Å²) in [6.45, 7) is 0.622. The minimum Gasteiger partial charge on any atom is -0.494 e. The lowest BCUT2D eigenvalue weighted by Gasteiger charge is -2.23. The summed E-state index contributed by atoms with van der Waals surface area (Å²) in [7, 11) is 1.60. The summed E-state index contributed by atoms with van der Waals surface area (Å²) in [5.74, 6) is 0.0492. The molecule has 0 spiro atoms. The molecule has 0 bridgehead atoms. The first-order chi connectivity index (χ1) is 8.66. The van der Waals surface area contributed by atoms with Gasteiger partial charge in [0, 0.05) is 13.1 Å². The van der Waals surface area contributed by atoms with E-state index in [1.807, 2.05) is 24.3 Å². The molecule has 2 heterocycles. The van der Waals surface area contributed by atoms with Crippen molar-refractivity contribution in [3.8, 4) is 11.8 Å². The maximum Gasteiger partial charge on any atom is 0.218 e. The lowest BCUT2D eigenvalue weighted by molar-refractivity contribution is 0.387. The summed E-state index contributed by atoms with van der Waals surface area (Å²) in [4.78, 5) is 6.13. The molecule has 3 rings (SSSR count). The molecule has 1 aromatic carbocycles. The Balaban J connectivity index is 2.00. The largest absolute Gasteiger partial charge is 0.494 e. The van der Waals surface area contributed by atoms with Crippen LogP contribution in [-0.4, -0.2) is 21.1 Å². The summed E-state index contributed by atoms with van der Waals surface area (Å²) < 4.78 is 1.32. The molecule has 0 saturated carbocycles. The zero-order valence-corrected chi connectivity index (χ0v) is 9.91. The van der Waals surface area contributed by atoms with Gasteiger partial charge in [0.2, 0.25) is 5.88 Å². The fourth-order valence-electron chi connectivity index (χ4n) is 2.05. The number of hydrogen-bond donors (Lipinski definition) is 2. The van der Waals surface area contributed by atoms with Crippen LogP contribution >= 0.6 is 0 Å². The van der Waals surface area contributed by atoms with Crippen molar-refractivity contribution in [1.29, 1.82) is 0 Å². The highest BCUT2D eigenvalue weighted by Gasteiger charge is 2.19. The van der Waals surface area contributed by atoms with E-state index in [4.69, 9.17) is 0 Å². The highest BCUT2D eigenvalue weighted by atomic mass is 16.3. The maximum atomic E-state index is 9.92. The first kappa shape index (κ1) is 10.7. The van der Waals surface area contributed by atoms with E-state index in [-0.39, 0.29) is 11.8 Å². The van der Waals surface area contributed by atoms with Crippen LogP contribution in [0.2, 0.25) is 0 Å². The van der Waals surface area contributed by atoms with E-state index in [0.29, 0.717) is 12.2 Å². The van der Waals surface area contributed by atoms with E-state index in [2.05, 4.69) is 4.99 Å². The quantitative estimate of drug-likeness (QED) is 0.806. The second kappa shape index (κ2) is 3.80. The third kappa shape index (κ3) is 1.52. The van der Waals surface area contributed by atoms with Crippen LogP contribution in [0.1, 0.15) is 5.56 Å². The third-order valence-corrected chi connectivity index (χ3v) is 3.13. The standard InChI is InChI=1S/C13H13N3O2/c1-15-12(17)6-11(13(15)18)16-7-9-4-2-3-5-10(9)14-8-16/h2-6,8,17-18H,7H2,1H3. The van der Waals surface area contributed by atoms with Gasteiger partial charge in [-0.3, -0.25) is 4.57 Å². The normalized spacial score (nSPS) is 13.7.